The van der Waals surface area contributed by atoms with Gasteiger partial charge in [-0.2, -0.15) is 0 Å². The summed E-state index contributed by atoms with van der Waals surface area (Å²) in [6.45, 7) is 9.04. The first kappa shape index (κ1) is 19.4. The largest absolute Gasteiger partial charge is 0.380 e. The highest BCUT2D eigenvalue weighted by atomic mass is 16.5. The van der Waals surface area contributed by atoms with Crippen LogP contribution in [0, 0.1) is 0 Å². The van der Waals surface area contributed by atoms with Crippen LogP contribution in [0.1, 0.15) is 48.8 Å². The standard InChI is InChI=1S/C20H29N5O2/c1-16(2)19-21-8-11-25(19)9-3-7-22-20(26)17-5-6-18(23-15-17)24-10-4-13-27-14-12-24/h5-6,8,11,15-16H,3-4,7,9-10,12-14H2,1-2H3,(H,22,26). The van der Waals surface area contributed by atoms with E-state index in [2.05, 4.69) is 38.6 Å². The predicted molar refractivity (Wildman–Crippen MR) is 105 cm³/mol. The molecule has 3 heterocycles. The lowest BCUT2D eigenvalue weighted by Crippen LogP contribution is -2.28. The highest BCUT2D eigenvalue weighted by Gasteiger charge is 2.13. The molecule has 0 aliphatic carbocycles. The molecule has 1 saturated heterocycles. The van der Waals surface area contributed by atoms with Gasteiger partial charge >= 0.3 is 0 Å². The average molecular weight is 371 g/mol. The Labute approximate surface area is 160 Å². The summed E-state index contributed by atoms with van der Waals surface area (Å²) in [5.74, 6) is 2.30. The molecule has 0 aromatic carbocycles. The van der Waals surface area contributed by atoms with Gasteiger partial charge in [0, 0.05) is 57.3 Å². The molecule has 1 fully saturated rings. The minimum Gasteiger partial charge on any atom is -0.380 e. The molecule has 1 N–H and O–H groups in total. The number of amides is 1. The molecule has 0 atom stereocenters. The number of imidazole rings is 1. The molecular weight excluding hydrogens is 342 g/mol. The van der Waals surface area contributed by atoms with Gasteiger partial charge in [-0.05, 0) is 25.0 Å². The molecular formula is C20H29N5O2. The van der Waals surface area contributed by atoms with Crippen LogP contribution in [0.5, 0.6) is 0 Å². The van der Waals surface area contributed by atoms with Gasteiger partial charge in [0.2, 0.25) is 0 Å². The van der Waals surface area contributed by atoms with Gasteiger partial charge in [0.25, 0.3) is 5.91 Å². The Morgan fingerprint density at radius 2 is 2.15 bits per heavy atom. The van der Waals surface area contributed by atoms with E-state index >= 15 is 0 Å². The molecule has 0 bridgehead atoms. The number of nitrogens with one attached hydrogen (secondary N) is 1. The van der Waals surface area contributed by atoms with Crippen molar-refractivity contribution in [1.82, 2.24) is 19.9 Å². The first-order valence-corrected chi connectivity index (χ1v) is 9.73. The molecule has 1 aliphatic heterocycles. The molecule has 146 valence electrons. The van der Waals surface area contributed by atoms with Crippen molar-refractivity contribution < 1.29 is 9.53 Å². The molecule has 0 saturated carbocycles. The Morgan fingerprint density at radius 3 is 2.93 bits per heavy atom. The van der Waals surface area contributed by atoms with Gasteiger partial charge in [-0.3, -0.25) is 4.79 Å². The fourth-order valence-corrected chi connectivity index (χ4v) is 3.25. The number of pyridine rings is 1. The van der Waals surface area contributed by atoms with Crippen molar-refractivity contribution in [1.29, 1.82) is 0 Å². The lowest BCUT2D eigenvalue weighted by molar-refractivity contribution is 0.0952. The lowest BCUT2D eigenvalue weighted by Gasteiger charge is -2.20. The van der Waals surface area contributed by atoms with Crippen LogP contribution in [-0.2, 0) is 11.3 Å². The van der Waals surface area contributed by atoms with Gasteiger partial charge < -0.3 is 19.5 Å². The summed E-state index contributed by atoms with van der Waals surface area (Å²) < 4.78 is 7.62. The molecule has 0 spiro atoms. The van der Waals surface area contributed by atoms with Crippen LogP contribution in [-0.4, -0.2) is 53.3 Å². The second-order valence-corrected chi connectivity index (χ2v) is 7.10. The molecule has 1 amide bonds. The zero-order valence-corrected chi connectivity index (χ0v) is 16.2. The quantitative estimate of drug-likeness (QED) is 0.757. The average Bonchev–Trinajstić information content (AvgIpc) is 2.98. The van der Waals surface area contributed by atoms with Crippen LogP contribution in [0.3, 0.4) is 0 Å². The second-order valence-electron chi connectivity index (χ2n) is 7.10. The van der Waals surface area contributed by atoms with Crippen LogP contribution in [0.4, 0.5) is 5.82 Å². The van der Waals surface area contributed by atoms with Gasteiger partial charge in [0.05, 0.1) is 12.2 Å². The van der Waals surface area contributed by atoms with E-state index in [1.165, 1.54) is 0 Å². The number of carbonyl (C=O) groups is 1. The van der Waals surface area contributed by atoms with Gasteiger partial charge in [-0.15, -0.1) is 0 Å². The van der Waals surface area contributed by atoms with Gasteiger partial charge in [-0.1, -0.05) is 13.8 Å². The van der Waals surface area contributed by atoms with Crippen LogP contribution in [0.2, 0.25) is 0 Å². The minimum absolute atomic E-state index is 0.0806. The van der Waals surface area contributed by atoms with Crippen molar-refractivity contribution in [3.05, 3.63) is 42.1 Å². The number of anilines is 1. The second kappa shape index (κ2) is 9.50. The normalized spacial score (nSPS) is 15.0. The fraction of sp³-hybridized carbons (Fsp3) is 0.550. The molecule has 1 aliphatic rings. The van der Waals surface area contributed by atoms with Crippen molar-refractivity contribution in [2.75, 3.05) is 37.7 Å². The SMILES string of the molecule is CC(C)c1nccn1CCCNC(=O)c1ccc(N2CCCOCC2)nc1. The molecule has 0 unspecified atom stereocenters. The third-order valence-electron chi connectivity index (χ3n) is 4.68. The Morgan fingerprint density at radius 1 is 1.26 bits per heavy atom. The molecule has 27 heavy (non-hydrogen) atoms. The minimum atomic E-state index is -0.0806. The molecule has 2 aromatic heterocycles. The predicted octanol–water partition coefficient (Wildman–Crippen LogP) is 2.45. The zero-order chi connectivity index (χ0) is 19.1. The first-order valence-electron chi connectivity index (χ1n) is 9.73. The number of rotatable bonds is 7. The smallest absolute Gasteiger partial charge is 0.252 e. The molecule has 0 radical (unpaired) electrons. The Balaban J connectivity index is 1.46. The van der Waals surface area contributed by atoms with Gasteiger partial charge in [0.15, 0.2) is 0 Å². The number of aromatic nitrogens is 3. The number of ether oxygens (including phenoxy) is 1. The van der Waals surface area contributed by atoms with Crippen molar-refractivity contribution in [2.45, 2.75) is 39.2 Å². The van der Waals surface area contributed by atoms with Crippen LogP contribution in [0.15, 0.2) is 30.7 Å². The number of nitrogens with zero attached hydrogens (tertiary/aromatic N) is 4. The van der Waals surface area contributed by atoms with Crippen molar-refractivity contribution >= 4 is 11.7 Å². The topological polar surface area (TPSA) is 72.3 Å². The molecule has 7 nitrogen and oxygen atoms in total. The van der Waals surface area contributed by atoms with E-state index in [1.54, 1.807) is 6.20 Å². The number of hydrogen-bond acceptors (Lipinski definition) is 5. The maximum atomic E-state index is 12.3. The number of hydrogen-bond donors (Lipinski definition) is 1. The third-order valence-corrected chi connectivity index (χ3v) is 4.68. The summed E-state index contributed by atoms with van der Waals surface area (Å²) in [5, 5.41) is 2.97. The van der Waals surface area contributed by atoms with E-state index in [4.69, 9.17) is 4.74 Å². The lowest BCUT2D eigenvalue weighted by atomic mass is 10.2. The Bertz CT molecular complexity index is 718. The maximum absolute atomic E-state index is 12.3. The maximum Gasteiger partial charge on any atom is 0.252 e. The summed E-state index contributed by atoms with van der Waals surface area (Å²) in [6, 6.07) is 3.76. The van der Waals surface area contributed by atoms with E-state index in [1.807, 2.05) is 24.5 Å². The van der Waals surface area contributed by atoms with E-state index in [0.717, 1.165) is 57.3 Å². The summed E-state index contributed by atoms with van der Waals surface area (Å²) in [4.78, 5) is 23.4. The number of aryl methyl sites for hydroxylation is 1. The monoisotopic (exact) mass is 371 g/mol. The van der Waals surface area contributed by atoms with Crippen LogP contribution in [0.25, 0.3) is 0 Å². The van der Waals surface area contributed by atoms with Crippen molar-refractivity contribution in [3.8, 4) is 0 Å². The first-order chi connectivity index (χ1) is 13.1. The van der Waals surface area contributed by atoms with E-state index in [0.29, 0.717) is 18.0 Å². The Kier molecular flexibility index (Phi) is 6.81. The summed E-state index contributed by atoms with van der Waals surface area (Å²) in [5.41, 5.74) is 0.593. The van der Waals surface area contributed by atoms with Crippen molar-refractivity contribution in [3.63, 3.8) is 0 Å². The summed E-state index contributed by atoms with van der Waals surface area (Å²) in [7, 11) is 0. The summed E-state index contributed by atoms with van der Waals surface area (Å²) >= 11 is 0. The molecule has 7 heteroatoms. The van der Waals surface area contributed by atoms with Gasteiger partial charge in [-0.25, -0.2) is 9.97 Å². The highest BCUT2D eigenvalue weighted by Crippen LogP contribution is 2.14. The van der Waals surface area contributed by atoms with Crippen LogP contribution < -0.4 is 10.2 Å². The van der Waals surface area contributed by atoms with Gasteiger partial charge in [0.1, 0.15) is 11.6 Å². The Hall–Kier alpha value is -2.41. The highest BCUT2D eigenvalue weighted by molar-refractivity contribution is 5.94. The molecule has 2 aromatic rings. The van der Waals surface area contributed by atoms with Crippen molar-refractivity contribution in [2.24, 2.45) is 0 Å². The number of carbonyl (C=O) groups excluding carboxylic acids is 1. The van der Waals surface area contributed by atoms with E-state index < -0.39 is 0 Å². The van der Waals surface area contributed by atoms with E-state index in [9.17, 15) is 4.79 Å². The van der Waals surface area contributed by atoms with E-state index in [-0.39, 0.29) is 5.91 Å². The zero-order valence-electron chi connectivity index (χ0n) is 16.2. The van der Waals surface area contributed by atoms with Crippen LogP contribution >= 0.6 is 0 Å². The molecule has 3 rings (SSSR count). The summed E-state index contributed by atoms with van der Waals surface area (Å²) in [6.07, 6.45) is 7.34. The third kappa shape index (κ3) is 5.29. The fourth-order valence-electron chi connectivity index (χ4n) is 3.25.